The number of rotatable bonds is 3. The first kappa shape index (κ1) is 14.3. The van der Waals surface area contributed by atoms with Crippen molar-refractivity contribution in [3.8, 4) is 0 Å². The normalized spacial score (nSPS) is 16.6. The number of aliphatic carboxylic acids is 1. The lowest BCUT2D eigenvalue weighted by Crippen LogP contribution is -2.25. The van der Waals surface area contributed by atoms with Gasteiger partial charge in [0.1, 0.15) is 12.2 Å². The molecule has 112 valence electrons. The SMILES string of the molecule is CN1C(=O)/C(=C/c2cn(CC(=O)O)c3ccccc23)NC1=S. The molecule has 0 saturated carbocycles. The Hall–Kier alpha value is -2.67. The quantitative estimate of drug-likeness (QED) is 0.662. The first-order valence-electron chi connectivity index (χ1n) is 6.58. The monoisotopic (exact) mass is 315 g/mol. The maximum Gasteiger partial charge on any atom is 0.323 e. The molecule has 22 heavy (non-hydrogen) atoms. The molecule has 2 aromatic rings. The summed E-state index contributed by atoms with van der Waals surface area (Å²) >= 11 is 5.04. The fourth-order valence-corrected chi connectivity index (χ4v) is 2.64. The Balaban J connectivity index is 2.10. The van der Waals surface area contributed by atoms with E-state index < -0.39 is 5.97 Å². The summed E-state index contributed by atoms with van der Waals surface area (Å²) in [4.78, 5) is 24.4. The highest BCUT2D eigenvalue weighted by atomic mass is 32.1. The number of aromatic nitrogens is 1. The molecule has 1 saturated heterocycles. The molecule has 1 aliphatic heterocycles. The number of likely N-dealkylation sites (N-methyl/N-ethyl adjacent to an activating group) is 1. The van der Waals surface area contributed by atoms with E-state index in [9.17, 15) is 9.59 Å². The van der Waals surface area contributed by atoms with Crippen molar-refractivity contribution in [3.05, 3.63) is 41.7 Å². The summed E-state index contributed by atoms with van der Waals surface area (Å²) in [5.41, 5.74) is 1.95. The Morgan fingerprint density at radius 2 is 2.14 bits per heavy atom. The Kier molecular flexibility index (Phi) is 3.42. The molecule has 0 spiro atoms. The van der Waals surface area contributed by atoms with Crippen LogP contribution >= 0.6 is 12.2 Å². The van der Waals surface area contributed by atoms with Gasteiger partial charge in [0.25, 0.3) is 5.91 Å². The van der Waals surface area contributed by atoms with Crippen LogP contribution in [0.1, 0.15) is 5.56 Å². The second kappa shape index (κ2) is 5.27. The third kappa shape index (κ3) is 2.35. The lowest BCUT2D eigenvalue weighted by Gasteiger charge is -2.02. The number of thiocarbonyl (C=S) groups is 1. The first-order chi connectivity index (χ1) is 10.5. The Morgan fingerprint density at radius 3 is 2.77 bits per heavy atom. The van der Waals surface area contributed by atoms with Gasteiger partial charge >= 0.3 is 5.97 Å². The van der Waals surface area contributed by atoms with Gasteiger partial charge < -0.3 is 15.0 Å². The maximum absolute atomic E-state index is 12.0. The Morgan fingerprint density at radius 1 is 1.41 bits per heavy atom. The zero-order valence-electron chi connectivity index (χ0n) is 11.7. The third-order valence-corrected chi connectivity index (χ3v) is 3.88. The fourth-order valence-electron chi connectivity index (χ4n) is 2.45. The fraction of sp³-hybridized carbons (Fsp3) is 0.133. The predicted molar refractivity (Wildman–Crippen MR) is 86.1 cm³/mol. The van der Waals surface area contributed by atoms with Gasteiger partial charge in [-0.1, -0.05) is 18.2 Å². The second-order valence-electron chi connectivity index (χ2n) is 4.98. The maximum atomic E-state index is 12.0. The van der Waals surface area contributed by atoms with Gasteiger partial charge in [0.2, 0.25) is 0 Å². The third-order valence-electron chi connectivity index (χ3n) is 3.51. The smallest absolute Gasteiger partial charge is 0.323 e. The van der Waals surface area contributed by atoms with E-state index in [1.807, 2.05) is 24.3 Å². The zero-order valence-corrected chi connectivity index (χ0v) is 12.6. The number of para-hydroxylation sites is 1. The summed E-state index contributed by atoms with van der Waals surface area (Å²) in [5.74, 6) is -1.13. The molecule has 0 radical (unpaired) electrons. The summed E-state index contributed by atoms with van der Waals surface area (Å²) < 4.78 is 1.64. The van der Waals surface area contributed by atoms with Crippen molar-refractivity contribution in [1.82, 2.24) is 14.8 Å². The number of carboxylic acid groups (broad SMARTS) is 1. The van der Waals surface area contributed by atoms with E-state index in [2.05, 4.69) is 5.32 Å². The number of nitrogens with zero attached hydrogens (tertiary/aromatic N) is 2. The van der Waals surface area contributed by atoms with Crippen LogP contribution in [0.3, 0.4) is 0 Å². The molecule has 7 heteroatoms. The van der Waals surface area contributed by atoms with Gasteiger partial charge in [0.05, 0.1) is 0 Å². The van der Waals surface area contributed by atoms with E-state index in [0.717, 1.165) is 16.5 Å². The van der Waals surface area contributed by atoms with E-state index in [1.165, 1.54) is 4.90 Å². The van der Waals surface area contributed by atoms with Crippen molar-refractivity contribution in [1.29, 1.82) is 0 Å². The average molecular weight is 315 g/mol. The molecule has 1 amide bonds. The van der Waals surface area contributed by atoms with Gasteiger partial charge in [-0.05, 0) is 24.4 Å². The molecule has 0 bridgehead atoms. The number of carboxylic acids is 1. The standard InChI is InChI=1S/C15H13N3O3S/c1-17-14(21)11(16-15(17)22)6-9-7-18(8-13(19)20)12-5-3-2-4-10(9)12/h2-7H,8H2,1H3,(H,16,22)(H,19,20)/b11-6-. The van der Waals surface area contributed by atoms with Crippen molar-refractivity contribution < 1.29 is 14.7 Å². The van der Waals surface area contributed by atoms with E-state index >= 15 is 0 Å². The van der Waals surface area contributed by atoms with E-state index in [1.54, 1.807) is 23.9 Å². The van der Waals surface area contributed by atoms with Gasteiger partial charge in [-0.2, -0.15) is 0 Å². The second-order valence-corrected chi connectivity index (χ2v) is 5.36. The van der Waals surface area contributed by atoms with Crippen LogP contribution in [-0.4, -0.2) is 38.6 Å². The van der Waals surface area contributed by atoms with Crippen LogP contribution in [0.25, 0.3) is 17.0 Å². The van der Waals surface area contributed by atoms with Crippen molar-refractivity contribution in [3.63, 3.8) is 0 Å². The van der Waals surface area contributed by atoms with Crippen LogP contribution in [0.5, 0.6) is 0 Å². The highest BCUT2D eigenvalue weighted by molar-refractivity contribution is 7.80. The summed E-state index contributed by atoms with van der Waals surface area (Å²) in [6.45, 7) is -0.136. The van der Waals surface area contributed by atoms with Crippen molar-refractivity contribution in [2.75, 3.05) is 7.05 Å². The van der Waals surface area contributed by atoms with Crippen LogP contribution in [0.15, 0.2) is 36.2 Å². The molecule has 0 atom stereocenters. The van der Waals surface area contributed by atoms with Crippen LogP contribution in [-0.2, 0) is 16.1 Å². The van der Waals surface area contributed by atoms with Gasteiger partial charge in [-0.3, -0.25) is 14.5 Å². The highest BCUT2D eigenvalue weighted by Crippen LogP contribution is 2.24. The molecular formula is C15H13N3O3S. The summed E-state index contributed by atoms with van der Waals surface area (Å²) in [5, 5.41) is 13.1. The van der Waals surface area contributed by atoms with Gasteiger partial charge in [0.15, 0.2) is 5.11 Å². The minimum absolute atomic E-state index is 0.136. The largest absolute Gasteiger partial charge is 0.480 e. The molecule has 1 fully saturated rings. The number of amides is 1. The van der Waals surface area contributed by atoms with Crippen LogP contribution in [0.4, 0.5) is 0 Å². The zero-order chi connectivity index (χ0) is 15.9. The van der Waals surface area contributed by atoms with Gasteiger partial charge in [0, 0.05) is 29.7 Å². The molecule has 2 heterocycles. The Labute approximate surface area is 131 Å². The number of benzene rings is 1. The van der Waals surface area contributed by atoms with E-state index in [4.69, 9.17) is 17.3 Å². The minimum atomic E-state index is -0.920. The number of carbonyl (C=O) groups is 2. The Bertz CT molecular complexity index is 838. The lowest BCUT2D eigenvalue weighted by molar-refractivity contribution is -0.137. The first-order valence-corrected chi connectivity index (χ1v) is 6.98. The van der Waals surface area contributed by atoms with Crippen LogP contribution in [0, 0.1) is 0 Å². The van der Waals surface area contributed by atoms with Gasteiger partial charge in [-0.15, -0.1) is 0 Å². The molecule has 1 aliphatic rings. The molecule has 0 unspecified atom stereocenters. The van der Waals surface area contributed by atoms with Crippen molar-refractivity contribution >= 4 is 46.2 Å². The van der Waals surface area contributed by atoms with Crippen molar-refractivity contribution in [2.24, 2.45) is 0 Å². The molecule has 6 nitrogen and oxygen atoms in total. The summed E-state index contributed by atoms with van der Waals surface area (Å²) in [6.07, 6.45) is 3.42. The van der Waals surface area contributed by atoms with Crippen molar-refractivity contribution in [2.45, 2.75) is 6.54 Å². The molecule has 1 aromatic carbocycles. The average Bonchev–Trinajstić information content (AvgIpc) is 2.93. The number of carbonyl (C=O) groups excluding carboxylic acids is 1. The molecule has 3 rings (SSSR count). The number of nitrogens with one attached hydrogen (secondary N) is 1. The molecule has 0 aliphatic carbocycles. The minimum Gasteiger partial charge on any atom is -0.480 e. The van der Waals surface area contributed by atoms with Gasteiger partial charge in [-0.25, -0.2) is 0 Å². The van der Waals surface area contributed by atoms with Crippen LogP contribution in [0.2, 0.25) is 0 Å². The topological polar surface area (TPSA) is 74.6 Å². The lowest BCUT2D eigenvalue weighted by atomic mass is 10.1. The van der Waals surface area contributed by atoms with E-state index in [0.29, 0.717) is 10.8 Å². The summed E-state index contributed by atoms with van der Waals surface area (Å²) in [7, 11) is 1.60. The van der Waals surface area contributed by atoms with E-state index in [-0.39, 0.29) is 12.5 Å². The predicted octanol–water partition coefficient (Wildman–Crippen LogP) is 1.41. The number of fused-ring (bicyclic) bond motifs is 1. The number of hydrogen-bond acceptors (Lipinski definition) is 3. The molecule has 1 aromatic heterocycles. The summed E-state index contributed by atoms with van der Waals surface area (Å²) in [6, 6.07) is 7.46. The highest BCUT2D eigenvalue weighted by Gasteiger charge is 2.27. The van der Waals surface area contributed by atoms with Crippen LogP contribution < -0.4 is 5.32 Å². The molecular weight excluding hydrogens is 302 g/mol. The molecule has 2 N–H and O–H groups in total. The number of hydrogen-bond donors (Lipinski definition) is 2.